The van der Waals surface area contributed by atoms with Crippen LogP contribution in [-0.4, -0.2) is 23.4 Å². The largest absolute Gasteiger partial charge is 0.331 e. The quantitative estimate of drug-likeness (QED) is 0.923. The molecule has 1 amide bonds. The SMILES string of the molecule is NC1CC(C(=O)N2CCc3ccccc3[C@@H]2c2ccc(F)cc2)C1. The van der Waals surface area contributed by atoms with Gasteiger partial charge in [-0.2, -0.15) is 0 Å². The molecule has 1 aliphatic heterocycles. The van der Waals surface area contributed by atoms with Crippen molar-refractivity contribution in [1.29, 1.82) is 0 Å². The number of carbonyl (C=O) groups is 1. The standard InChI is InChI=1S/C20H21FN2O/c21-16-7-5-14(6-8-16)19-18-4-2-1-3-13(18)9-10-23(19)20(24)15-11-17(22)12-15/h1-8,15,17,19H,9-12,22H2/t15?,17?,19-/m0/s1. The van der Waals surface area contributed by atoms with Gasteiger partial charge in [-0.25, -0.2) is 4.39 Å². The fourth-order valence-electron chi connectivity index (χ4n) is 3.91. The highest BCUT2D eigenvalue weighted by atomic mass is 19.1. The zero-order valence-electron chi connectivity index (χ0n) is 13.5. The van der Waals surface area contributed by atoms with Crippen LogP contribution < -0.4 is 5.73 Å². The smallest absolute Gasteiger partial charge is 0.226 e. The topological polar surface area (TPSA) is 46.3 Å². The third-order valence-electron chi connectivity index (χ3n) is 5.28. The summed E-state index contributed by atoms with van der Waals surface area (Å²) in [6, 6.07) is 14.8. The molecule has 1 fully saturated rings. The molecule has 124 valence electrons. The summed E-state index contributed by atoms with van der Waals surface area (Å²) in [7, 11) is 0. The van der Waals surface area contributed by atoms with Gasteiger partial charge in [0.15, 0.2) is 0 Å². The van der Waals surface area contributed by atoms with Crippen LogP contribution in [0.3, 0.4) is 0 Å². The van der Waals surface area contributed by atoms with Crippen molar-refractivity contribution < 1.29 is 9.18 Å². The van der Waals surface area contributed by atoms with Crippen LogP contribution in [0.2, 0.25) is 0 Å². The Labute approximate surface area is 141 Å². The molecule has 0 bridgehead atoms. The van der Waals surface area contributed by atoms with Crippen LogP contribution in [-0.2, 0) is 11.2 Å². The van der Waals surface area contributed by atoms with Gasteiger partial charge >= 0.3 is 0 Å². The third kappa shape index (κ3) is 2.61. The first-order valence-electron chi connectivity index (χ1n) is 8.53. The molecule has 0 aromatic heterocycles. The van der Waals surface area contributed by atoms with E-state index in [0.717, 1.165) is 30.4 Å². The minimum Gasteiger partial charge on any atom is -0.331 e. The zero-order valence-corrected chi connectivity index (χ0v) is 13.5. The summed E-state index contributed by atoms with van der Waals surface area (Å²) >= 11 is 0. The van der Waals surface area contributed by atoms with Gasteiger partial charge in [0.1, 0.15) is 5.82 Å². The van der Waals surface area contributed by atoms with Crippen LogP contribution in [0.15, 0.2) is 48.5 Å². The Morgan fingerprint density at radius 2 is 1.79 bits per heavy atom. The Hall–Kier alpha value is -2.20. The maximum atomic E-state index is 13.3. The second-order valence-corrected chi connectivity index (χ2v) is 6.86. The van der Waals surface area contributed by atoms with Gasteiger partial charge in [-0.1, -0.05) is 36.4 Å². The molecule has 4 rings (SSSR count). The Kier molecular flexibility index (Phi) is 3.85. The molecule has 1 aliphatic carbocycles. The van der Waals surface area contributed by atoms with Crippen molar-refractivity contribution >= 4 is 5.91 Å². The summed E-state index contributed by atoms with van der Waals surface area (Å²) in [5, 5.41) is 0. The van der Waals surface area contributed by atoms with Crippen LogP contribution in [0.25, 0.3) is 0 Å². The van der Waals surface area contributed by atoms with E-state index in [9.17, 15) is 9.18 Å². The van der Waals surface area contributed by atoms with Gasteiger partial charge in [0.05, 0.1) is 6.04 Å². The molecule has 1 saturated carbocycles. The molecule has 2 aromatic rings. The molecule has 0 unspecified atom stereocenters. The van der Waals surface area contributed by atoms with E-state index in [4.69, 9.17) is 5.73 Å². The highest BCUT2D eigenvalue weighted by Gasteiger charge is 2.39. The zero-order chi connectivity index (χ0) is 16.7. The molecule has 2 N–H and O–H groups in total. The number of hydrogen-bond acceptors (Lipinski definition) is 2. The summed E-state index contributed by atoms with van der Waals surface area (Å²) in [6.45, 7) is 0.698. The van der Waals surface area contributed by atoms with Crippen LogP contribution in [0.1, 0.15) is 35.6 Å². The van der Waals surface area contributed by atoms with Gasteiger partial charge in [-0.15, -0.1) is 0 Å². The average Bonchev–Trinajstić information content (AvgIpc) is 2.58. The Morgan fingerprint density at radius 3 is 2.50 bits per heavy atom. The van der Waals surface area contributed by atoms with Crippen LogP contribution in [0.5, 0.6) is 0 Å². The van der Waals surface area contributed by atoms with Gasteiger partial charge in [0.25, 0.3) is 0 Å². The lowest BCUT2D eigenvalue weighted by Crippen LogP contribution is -2.49. The fourth-order valence-corrected chi connectivity index (χ4v) is 3.91. The van der Waals surface area contributed by atoms with E-state index in [1.165, 1.54) is 17.7 Å². The second-order valence-electron chi connectivity index (χ2n) is 6.86. The Bertz CT molecular complexity index is 752. The summed E-state index contributed by atoms with van der Waals surface area (Å²) in [5.41, 5.74) is 9.23. The van der Waals surface area contributed by atoms with Gasteiger partial charge in [0.2, 0.25) is 5.91 Å². The van der Waals surface area contributed by atoms with Crippen molar-refractivity contribution in [2.24, 2.45) is 11.7 Å². The Morgan fingerprint density at radius 1 is 1.08 bits per heavy atom. The van der Waals surface area contributed by atoms with E-state index in [1.807, 2.05) is 17.0 Å². The van der Waals surface area contributed by atoms with Crippen molar-refractivity contribution in [2.45, 2.75) is 31.3 Å². The number of nitrogens with zero attached hydrogens (tertiary/aromatic N) is 1. The van der Waals surface area contributed by atoms with Crippen molar-refractivity contribution in [3.8, 4) is 0 Å². The van der Waals surface area contributed by atoms with Gasteiger partial charge in [-0.05, 0) is 48.1 Å². The summed E-state index contributed by atoms with van der Waals surface area (Å²) in [5.74, 6) is -0.0422. The number of amides is 1. The van der Waals surface area contributed by atoms with E-state index in [2.05, 4.69) is 12.1 Å². The molecule has 1 heterocycles. The molecule has 3 nitrogen and oxygen atoms in total. The van der Waals surface area contributed by atoms with Crippen molar-refractivity contribution in [2.75, 3.05) is 6.54 Å². The predicted octanol–water partition coefficient (Wildman–Crippen LogP) is 3.04. The third-order valence-corrected chi connectivity index (χ3v) is 5.28. The summed E-state index contributed by atoms with van der Waals surface area (Å²) in [6.07, 6.45) is 2.40. The number of carbonyl (C=O) groups excluding carboxylic acids is 1. The van der Waals surface area contributed by atoms with Gasteiger partial charge in [-0.3, -0.25) is 4.79 Å². The predicted molar refractivity (Wildman–Crippen MR) is 90.8 cm³/mol. The number of rotatable bonds is 2. The van der Waals surface area contributed by atoms with Crippen molar-refractivity contribution in [3.05, 3.63) is 71.0 Å². The first-order valence-corrected chi connectivity index (χ1v) is 8.53. The highest BCUT2D eigenvalue weighted by molar-refractivity contribution is 5.81. The minimum absolute atomic E-state index is 0.0354. The number of fused-ring (bicyclic) bond motifs is 1. The molecule has 1 atom stereocenters. The first-order chi connectivity index (χ1) is 11.6. The maximum absolute atomic E-state index is 13.3. The van der Waals surface area contributed by atoms with E-state index in [1.54, 1.807) is 12.1 Å². The van der Waals surface area contributed by atoms with E-state index >= 15 is 0 Å². The monoisotopic (exact) mass is 324 g/mol. The molecule has 0 radical (unpaired) electrons. The molecule has 2 aromatic carbocycles. The normalized spacial score (nSPS) is 25.8. The lowest BCUT2D eigenvalue weighted by molar-refractivity contribution is -0.140. The number of nitrogens with two attached hydrogens (primary N) is 1. The number of benzene rings is 2. The lowest BCUT2D eigenvalue weighted by Gasteiger charge is -2.42. The molecule has 2 aliphatic rings. The van der Waals surface area contributed by atoms with E-state index in [0.29, 0.717) is 6.54 Å². The second kappa shape index (κ2) is 6.02. The van der Waals surface area contributed by atoms with Gasteiger partial charge < -0.3 is 10.6 Å². The van der Waals surface area contributed by atoms with Crippen LogP contribution >= 0.6 is 0 Å². The van der Waals surface area contributed by atoms with Gasteiger partial charge in [0, 0.05) is 18.5 Å². The Balaban J connectivity index is 1.73. The van der Waals surface area contributed by atoms with Crippen LogP contribution in [0, 0.1) is 11.7 Å². The average molecular weight is 324 g/mol. The molecule has 0 spiro atoms. The van der Waals surface area contributed by atoms with Crippen molar-refractivity contribution in [1.82, 2.24) is 4.90 Å². The summed E-state index contributed by atoms with van der Waals surface area (Å²) in [4.78, 5) is 14.9. The van der Waals surface area contributed by atoms with E-state index < -0.39 is 0 Å². The fraction of sp³-hybridized carbons (Fsp3) is 0.350. The van der Waals surface area contributed by atoms with E-state index in [-0.39, 0.29) is 29.7 Å². The summed E-state index contributed by atoms with van der Waals surface area (Å²) < 4.78 is 13.3. The molecular weight excluding hydrogens is 303 g/mol. The molecular formula is C20H21FN2O. The molecule has 0 saturated heterocycles. The molecule has 24 heavy (non-hydrogen) atoms. The number of hydrogen-bond donors (Lipinski definition) is 1. The minimum atomic E-state index is -0.259. The number of halogens is 1. The highest BCUT2D eigenvalue weighted by Crippen LogP contribution is 2.38. The maximum Gasteiger partial charge on any atom is 0.226 e. The van der Waals surface area contributed by atoms with Crippen LogP contribution in [0.4, 0.5) is 4.39 Å². The lowest BCUT2D eigenvalue weighted by atomic mass is 9.78. The first kappa shape index (κ1) is 15.3. The molecule has 4 heteroatoms. The van der Waals surface area contributed by atoms with Crippen molar-refractivity contribution in [3.63, 3.8) is 0 Å².